The van der Waals surface area contributed by atoms with Gasteiger partial charge in [-0.3, -0.25) is 0 Å². The van der Waals surface area contributed by atoms with E-state index in [9.17, 15) is 0 Å². The maximum atomic E-state index is 2.40. The summed E-state index contributed by atoms with van der Waals surface area (Å²) in [6, 6.07) is 15.5. The summed E-state index contributed by atoms with van der Waals surface area (Å²) in [5.74, 6) is 0. The Labute approximate surface area is 134 Å². The molecule has 0 bridgehead atoms. The summed E-state index contributed by atoms with van der Waals surface area (Å²) in [7, 11) is 0. The van der Waals surface area contributed by atoms with Gasteiger partial charge in [0.25, 0.3) is 0 Å². The van der Waals surface area contributed by atoms with Crippen LogP contribution in [-0.4, -0.2) is 0 Å². The second-order valence-electron chi connectivity index (χ2n) is 5.77. The summed E-state index contributed by atoms with van der Waals surface area (Å²) < 4.78 is 0. The van der Waals surface area contributed by atoms with Crippen molar-refractivity contribution < 1.29 is 0 Å². The molecular formula is C20H26S. The van der Waals surface area contributed by atoms with Gasteiger partial charge in [-0.25, -0.2) is 0 Å². The highest BCUT2D eigenvalue weighted by Crippen LogP contribution is 2.33. The minimum absolute atomic E-state index is 1.20. The number of unbranched alkanes of at least 4 members (excludes halogenated alkanes) is 3. The molecule has 112 valence electrons. The number of hydrogen-bond donors (Lipinski definition) is 0. The van der Waals surface area contributed by atoms with Gasteiger partial charge < -0.3 is 0 Å². The maximum absolute atomic E-state index is 2.40. The molecule has 2 aromatic carbocycles. The molecule has 0 spiro atoms. The molecule has 0 heterocycles. The lowest BCUT2D eigenvalue weighted by Gasteiger charge is -2.13. The second kappa shape index (κ2) is 8.29. The summed E-state index contributed by atoms with van der Waals surface area (Å²) in [5.41, 5.74) is 4.33. The molecule has 21 heavy (non-hydrogen) atoms. The molecule has 0 aliphatic rings. The molecule has 0 unspecified atom stereocenters. The zero-order valence-corrected chi connectivity index (χ0v) is 14.3. The molecule has 0 radical (unpaired) electrons. The van der Waals surface area contributed by atoms with Crippen molar-refractivity contribution in [3.63, 3.8) is 0 Å². The number of hydrogen-bond acceptors (Lipinski definition) is 1. The number of rotatable bonds is 7. The monoisotopic (exact) mass is 298 g/mol. The summed E-state index contributed by atoms with van der Waals surface area (Å²) in [6.45, 7) is 6.71. The van der Waals surface area contributed by atoms with Crippen molar-refractivity contribution in [3.8, 4) is 0 Å². The Kier molecular flexibility index (Phi) is 6.38. The van der Waals surface area contributed by atoms with Gasteiger partial charge in [-0.1, -0.05) is 62.2 Å². The highest BCUT2D eigenvalue weighted by Gasteiger charge is 2.07. The van der Waals surface area contributed by atoms with E-state index in [0.717, 1.165) is 0 Å². The van der Waals surface area contributed by atoms with Gasteiger partial charge >= 0.3 is 0 Å². The number of benzene rings is 2. The predicted molar refractivity (Wildman–Crippen MR) is 94.3 cm³/mol. The first-order valence-electron chi connectivity index (χ1n) is 8.03. The summed E-state index contributed by atoms with van der Waals surface area (Å²) in [6.07, 6.45) is 6.51. The van der Waals surface area contributed by atoms with Gasteiger partial charge in [-0.15, -0.1) is 0 Å². The smallest absolute Gasteiger partial charge is 0.0157 e. The molecule has 0 saturated carbocycles. The van der Waals surface area contributed by atoms with E-state index < -0.39 is 0 Å². The van der Waals surface area contributed by atoms with E-state index in [0.29, 0.717) is 0 Å². The molecule has 0 N–H and O–H groups in total. The van der Waals surface area contributed by atoms with Crippen molar-refractivity contribution in [1.29, 1.82) is 0 Å². The third kappa shape index (κ3) is 4.93. The summed E-state index contributed by atoms with van der Waals surface area (Å²) >= 11 is 1.90. The highest BCUT2D eigenvalue weighted by atomic mass is 32.2. The van der Waals surface area contributed by atoms with Crippen LogP contribution in [0.2, 0.25) is 0 Å². The van der Waals surface area contributed by atoms with Crippen LogP contribution in [0.15, 0.2) is 52.3 Å². The van der Waals surface area contributed by atoms with Crippen LogP contribution in [-0.2, 0) is 6.42 Å². The van der Waals surface area contributed by atoms with Gasteiger partial charge in [0, 0.05) is 9.79 Å². The Morgan fingerprint density at radius 2 is 1.57 bits per heavy atom. The van der Waals surface area contributed by atoms with Crippen LogP contribution in [0.1, 0.15) is 49.3 Å². The van der Waals surface area contributed by atoms with Crippen LogP contribution in [0.5, 0.6) is 0 Å². The van der Waals surface area contributed by atoms with Crippen LogP contribution in [0, 0.1) is 13.8 Å². The van der Waals surface area contributed by atoms with Crippen LogP contribution >= 0.6 is 11.8 Å². The van der Waals surface area contributed by atoms with Gasteiger partial charge in [0.2, 0.25) is 0 Å². The van der Waals surface area contributed by atoms with Crippen molar-refractivity contribution in [3.05, 3.63) is 59.2 Å². The van der Waals surface area contributed by atoms with Crippen molar-refractivity contribution in [1.82, 2.24) is 0 Å². The van der Waals surface area contributed by atoms with Crippen molar-refractivity contribution in [2.45, 2.75) is 62.7 Å². The molecular weight excluding hydrogens is 272 g/mol. The van der Waals surface area contributed by atoms with Gasteiger partial charge in [0.1, 0.15) is 0 Å². The Hall–Kier alpha value is -1.21. The second-order valence-corrected chi connectivity index (χ2v) is 6.89. The average Bonchev–Trinajstić information content (AvgIpc) is 2.49. The van der Waals surface area contributed by atoms with Gasteiger partial charge in [0.05, 0.1) is 0 Å². The Balaban J connectivity index is 2.15. The van der Waals surface area contributed by atoms with Gasteiger partial charge in [0.15, 0.2) is 0 Å². The first-order chi connectivity index (χ1) is 10.2. The summed E-state index contributed by atoms with van der Waals surface area (Å²) in [5, 5.41) is 0. The van der Waals surface area contributed by atoms with E-state index in [1.54, 1.807) is 0 Å². The maximum Gasteiger partial charge on any atom is 0.0157 e. The van der Waals surface area contributed by atoms with E-state index in [2.05, 4.69) is 63.2 Å². The Morgan fingerprint density at radius 3 is 2.29 bits per heavy atom. The van der Waals surface area contributed by atoms with Crippen molar-refractivity contribution in [2.75, 3.05) is 0 Å². The normalized spacial score (nSPS) is 10.8. The lowest BCUT2D eigenvalue weighted by atomic mass is 10.0. The van der Waals surface area contributed by atoms with E-state index in [-0.39, 0.29) is 0 Å². The molecule has 0 fully saturated rings. The van der Waals surface area contributed by atoms with E-state index in [1.165, 1.54) is 58.6 Å². The van der Waals surface area contributed by atoms with Gasteiger partial charge in [-0.05, 0) is 61.6 Å². The lowest BCUT2D eigenvalue weighted by molar-refractivity contribution is 0.663. The van der Waals surface area contributed by atoms with Crippen LogP contribution in [0.3, 0.4) is 0 Å². The van der Waals surface area contributed by atoms with Crippen LogP contribution in [0.4, 0.5) is 0 Å². The minimum atomic E-state index is 1.20. The fourth-order valence-electron chi connectivity index (χ4n) is 2.50. The lowest BCUT2D eigenvalue weighted by Crippen LogP contribution is -1.93. The third-order valence-electron chi connectivity index (χ3n) is 3.95. The van der Waals surface area contributed by atoms with Crippen molar-refractivity contribution >= 4 is 11.8 Å². The first-order valence-corrected chi connectivity index (χ1v) is 8.85. The van der Waals surface area contributed by atoms with Crippen LogP contribution in [0.25, 0.3) is 0 Å². The minimum Gasteiger partial charge on any atom is -0.0898 e. The molecule has 2 aromatic rings. The Bertz CT molecular complexity index is 558. The summed E-state index contributed by atoms with van der Waals surface area (Å²) in [4.78, 5) is 2.76. The number of aryl methyl sites for hydroxylation is 3. The third-order valence-corrected chi connectivity index (χ3v) is 5.06. The largest absolute Gasteiger partial charge is 0.0898 e. The van der Waals surface area contributed by atoms with E-state index >= 15 is 0 Å². The van der Waals surface area contributed by atoms with E-state index in [1.807, 2.05) is 11.8 Å². The molecule has 0 aliphatic heterocycles. The zero-order chi connectivity index (χ0) is 15.1. The topological polar surface area (TPSA) is 0 Å². The highest BCUT2D eigenvalue weighted by molar-refractivity contribution is 7.99. The first kappa shape index (κ1) is 16.2. The molecule has 0 saturated heterocycles. The zero-order valence-electron chi connectivity index (χ0n) is 13.5. The SMILES string of the molecule is CCCCCCc1cc(C)c(C)cc1Sc1ccccc1. The molecule has 0 amide bonds. The standard InChI is InChI=1S/C20H26S/c1-4-5-6-8-11-18-14-16(2)17(3)15-20(18)21-19-12-9-7-10-13-19/h7,9-10,12-15H,4-6,8,11H2,1-3H3. The van der Waals surface area contributed by atoms with Crippen molar-refractivity contribution in [2.24, 2.45) is 0 Å². The predicted octanol–water partition coefficient (Wildman–Crippen LogP) is 6.58. The Morgan fingerprint density at radius 1 is 0.857 bits per heavy atom. The quantitative estimate of drug-likeness (QED) is 0.520. The molecule has 0 aliphatic carbocycles. The fraction of sp³-hybridized carbons (Fsp3) is 0.400. The van der Waals surface area contributed by atoms with Gasteiger partial charge in [-0.2, -0.15) is 0 Å². The molecule has 0 nitrogen and oxygen atoms in total. The van der Waals surface area contributed by atoms with Crippen LogP contribution < -0.4 is 0 Å². The van der Waals surface area contributed by atoms with E-state index in [4.69, 9.17) is 0 Å². The average molecular weight is 298 g/mol. The molecule has 2 rings (SSSR count). The molecule has 1 heteroatoms. The molecule has 0 aromatic heterocycles. The fourth-order valence-corrected chi connectivity index (χ4v) is 3.57. The molecule has 0 atom stereocenters.